The van der Waals surface area contributed by atoms with E-state index in [-0.39, 0.29) is 15.5 Å². The van der Waals surface area contributed by atoms with Crippen LogP contribution < -0.4 is 9.62 Å². The summed E-state index contributed by atoms with van der Waals surface area (Å²) in [5.74, 6) is 0.468. The molecule has 1 unspecified atom stereocenters. The van der Waals surface area contributed by atoms with Gasteiger partial charge in [-0.2, -0.15) is 9.03 Å². The number of aromatic nitrogens is 1. The predicted octanol–water partition coefficient (Wildman–Crippen LogP) is 7.44. The number of hydrogen-bond acceptors (Lipinski definition) is 8. The van der Waals surface area contributed by atoms with E-state index >= 15 is 0 Å². The van der Waals surface area contributed by atoms with Crippen molar-refractivity contribution in [2.24, 2.45) is 11.8 Å². The number of aliphatic carboxylic acids is 1. The van der Waals surface area contributed by atoms with Crippen molar-refractivity contribution >= 4 is 98.2 Å². The Labute approximate surface area is 312 Å². The van der Waals surface area contributed by atoms with Gasteiger partial charge in [0.1, 0.15) is 25.3 Å². The number of hydrogen-bond donors (Lipinski definition) is 2. The summed E-state index contributed by atoms with van der Waals surface area (Å²) in [6.07, 6.45) is 8.24. The number of carboxylic acids is 1. The fraction of sp³-hybridized carbons (Fsp3) is 0.484. The van der Waals surface area contributed by atoms with Gasteiger partial charge in [-0.1, -0.05) is 54.6 Å². The first-order valence-electron chi connectivity index (χ1n) is 15.6. The lowest BCUT2D eigenvalue weighted by atomic mass is 9.87. The normalized spacial score (nSPS) is 17.9. The zero-order chi connectivity index (χ0) is 34.6. The molecule has 3 aromatic rings. The van der Waals surface area contributed by atoms with Crippen molar-refractivity contribution in [3.8, 4) is 0 Å². The van der Waals surface area contributed by atoms with Crippen LogP contribution in [0.5, 0.6) is 0 Å². The van der Waals surface area contributed by atoms with Crippen LogP contribution in [0.2, 0.25) is 9.36 Å². The van der Waals surface area contributed by atoms with E-state index in [0.29, 0.717) is 54.6 Å². The standard InChI is InChI=1S/C31H36Br2Cl2N4O6S3/c32-25-18-28(46-29(25)35)48(44,45)39-14-10-21(11-15-39)3-1-2-20-8-12-38(13-9-20)30-26(33)17-24(19-36-30)47(42,43)37-27(31(40)41)16-22-4-6-23(34)7-5-22/h4-7,17-21,27,37H,1-3,8-16H2,(H,40,41). The molecule has 262 valence electrons. The summed E-state index contributed by atoms with van der Waals surface area (Å²) in [5, 5.41) is 10.2. The molecule has 2 saturated heterocycles. The van der Waals surface area contributed by atoms with Crippen LogP contribution in [-0.2, 0) is 31.3 Å². The van der Waals surface area contributed by atoms with Gasteiger partial charge in [-0.15, -0.1) is 11.3 Å². The monoisotopic (exact) mass is 884 g/mol. The molecule has 0 amide bonds. The molecule has 17 heteroatoms. The fourth-order valence-corrected chi connectivity index (χ4v) is 12.2. The van der Waals surface area contributed by atoms with Crippen LogP contribution in [0.15, 0.2) is 60.6 Å². The number of anilines is 1. The highest BCUT2D eigenvalue weighted by atomic mass is 79.9. The molecule has 0 radical (unpaired) electrons. The van der Waals surface area contributed by atoms with Crippen LogP contribution in [0.4, 0.5) is 5.82 Å². The molecule has 2 aliphatic rings. The van der Waals surface area contributed by atoms with Gasteiger partial charge in [0.05, 0.1) is 4.47 Å². The number of halogens is 4. The summed E-state index contributed by atoms with van der Waals surface area (Å²) in [6, 6.07) is 8.25. The largest absolute Gasteiger partial charge is 0.480 e. The van der Waals surface area contributed by atoms with Crippen LogP contribution in [0, 0.1) is 11.8 Å². The zero-order valence-corrected chi connectivity index (χ0v) is 33.0. The second-order valence-electron chi connectivity index (χ2n) is 12.2. The predicted molar refractivity (Wildman–Crippen MR) is 196 cm³/mol. The molecule has 10 nitrogen and oxygen atoms in total. The average Bonchev–Trinajstić information content (AvgIpc) is 3.40. The smallest absolute Gasteiger partial charge is 0.322 e. The Hall–Kier alpha value is -1.30. The fourth-order valence-electron chi connectivity index (χ4n) is 6.23. The number of nitrogens with one attached hydrogen (secondary N) is 1. The van der Waals surface area contributed by atoms with Gasteiger partial charge >= 0.3 is 5.97 Å². The van der Waals surface area contributed by atoms with Crippen molar-refractivity contribution in [1.82, 2.24) is 14.0 Å². The first kappa shape index (κ1) is 37.9. The maximum atomic E-state index is 13.1. The molecule has 1 aromatic carbocycles. The van der Waals surface area contributed by atoms with Crippen molar-refractivity contribution in [3.63, 3.8) is 0 Å². The van der Waals surface area contributed by atoms with E-state index in [9.17, 15) is 26.7 Å². The highest BCUT2D eigenvalue weighted by Gasteiger charge is 2.32. The molecule has 0 saturated carbocycles. The minimum absolute atomic E-state index is 0.0402. The van der Waals surface area contributed by atoms with E-state index in [1.165, 1.54) is 12.3 Å². The van der Waals surface area contributed by atoms with Crippen LogP contribution >= 0.6 is 66.4 Å². The Kier molecular flexibility index (Phi) is 12.9. The van der Waals surface area contributed by atoms with Gasteiger partial charge < -0.3 is 10.0 Å². The third-order valence-electron chi connectivity index (χ3n) is 8.98. The second-order valence-corrected chi connectivity index (χ2v) is 19.9. The Bertz CT molecular complexity index is 1790. The summed E-state index contributed by atoms with van der Waals surface area (Å²) in [4.78, 5) is 18.3. The number of thiophene rings is 1. The highest BCUT2D eigenvalue weighted by molar-refractivity contribution is 9.11. The molecule has 1 atom stereocenters. The van der Waals surface area contributed by atoms with E-state index < -0.39 is 32.1 Å². The van der Waals surface area contributed by atoms with Gasteiger partial charge in [0.2, 0.25) is 10.0 Å². The van der Waals surface area contributed by atoms with Gasteiger partial charge in [-0.05, 0) is 106 Å². The third-order valence-corrected chi connectivity index (χ3v) is 16.1. The molecule has 0 spiro atoms. The number of nitrogens with zero attached hydrogens (tertiary/aromatic N) is 3. The number of benzene rings is 1. The zero-order valence-electron chi connectivity index (χ0n) is 25.8. The van der Waals surface area contributed by atoms with E-state index in [1.807, 2.05) is 0 Å². The lowest BCUT2D eigenvalue weighted by molar-refractivity contribution is -0.138. The summed E-state index contributed by atoms with van der Waals surface area (Å²) < 4.78 is 58.0. The molecule has 2 aliphatic heterocycles. The van der Waals surface area contributed by atoms with Gasteiger partial charge in [-0.25, -0.2) is 21.8 Å². The minimum Gasteiger partial charge on any atom is -0.480 e. The number of sulfonamides is 2. The van der Waals surface area contributed by atoms with Crippen molar-refractivity contribution in [2.75, 3.05) is 31.1 Å². The SMILES string of the molecule is O=C(O)C(Cc1ccc(Cl)cc1)NS(=O)(=O)c1cnc(N2CCC(CCCC3CCN(S(=O)(=O)c4cc(Br)c(Cl)s4)CC3)CC2)c(Br)c1. The van der Waals surface area contributed by atoms with Crippen LogP contribution in [-0.4, -0.2) is 69.4 Å². The molecular formula is C31H36Br2Cl2N4O6S3. The Morgan fingerprint density at radius 2 is 1.56 bits per heavy atom. The number of carboxylic acid groups (broad SMARTS) is 1. The van der Waals surface area contributed by atoms with Gasteiger partial charge in [0.25, 0.3) is 10.0 Å². The lowest BCUT2D eigenvalue weighted by Gasteiger charge is -2.34. The molecular weight excluding hydrogens is 851 g/mol. The summed E-state index contributed by atoms with van der Waals surface area (Å²) in [6.45, 7) is 2.64. The number of pyridine rings is 1. The van der Waals surface area contributed by atoms with Crippen molar-refractivity contribution < 1.29 is 26.7 Å². The van der Waals surface area contributed by atoms with E-state index in [4.69, 9.17) is 23.2 Å². The average molecular weight is 888 g/mol. The maximum Gasteiger partial charge on any atom is 0.322 e. The Balaban J connectivity index is 1.07. The summed E-state index contributed by atoms with van der Waals surface area (Å²) in [5.41, 5.74) is 0.635. The number of rotatable bonds is 13. The maximum absolute atomic E-state index is 13.1. The molecule has 2 fully saturated rings. The topological polar surface area (TPSA) is 137 Å². The van der Waals surface area contributed by atoms with Gasteiger partial charge in [0.15, 0.2) is 0 Å². The van der Waals surface area contributed by atoms with E-state index in [0.717, 1.165) is 69.4 Å². The quantitative estimate of drug-likeness (QED) is 0.181. The van der Waals surface area contributed by atoms with Crippen molar-refractivity contribution in [1.29, 1.82) is 0 Å². The first-order valence-corrected chi connectivity index (χ1v) is 21.7. The van der Waals surface area contributed by atoms with Gasteiger partial charge in [0, 0.05) is 41.9 Å². The minimum atomic E-state index is -4.16. The summed E-state index contributed by atoms with van der Waals surface area (Å²) in [7, 11) is -7.68. The highest BCUT2D eigenvalue weighted by Crippen LogP contribution is 2.37. The van der Waals surface area contributed by atoms with Crippen LogP contribution in [0.25, 0.3) is 0 Å². The second kappa shape index (κ2) is 16.4. The van der Waals surface area contributed by atoms with E-state index in [2.05, 4.69) is 46.5 Å². The van der Waals surface area contributed by atoms with Gasteiger partial charge in [-0.3, -0.25) is 4.79 Å². The van der Waals surface area contributed by atoms with Crippen molar-refractivity contribution in [2.45, 2.75) is 66.5 Å². The lowest BCUT2D eigenvalue weighted by Crippen LogP contribution is -2.42. The molecule has 0 bridgehead atoms. The Morgan fingerprint density at radius 3 is 2.10 bits per heavy atom. The molecule has 4 heterocycles. The summed E-state index contributed by atoms with van der Waals surface area (Å²) >= 11 is 19.8. The molecule has 2 aromatic heterocycles. The first-order chi connectivity index (χ1) is 22.7. The third kappa shape index (κ3) is 9.52. The van der Waals surface area contributed by atoms with Crippen LogP contribution in [0.3, 0.4) is 0 Å². The number of carbonyl (C=O) groups is 1. The molecule has 0 aliphatic carbocycles. The molecule has 5 rings (SSSR count). The molecule has 48 heavy (non-hydrogen) atoms. The van der Waals surface area contributed by atoms with Crippen LogP contribution in [0.1, 0.15) is 50.5 Å². The van der Waals surface area contributed by atoms with E-state index in [1.54, 1.807) is 34.6 Å². The number of piperidine rings is 2. The van der Waals surface area contributed by atoms with Crippen molar-refractivity contribution in [3.05, 3.63) is 66.5 Å². The molecule has 2 N–H and O–H groups in total. The Morgan fingerprint density at radius 1 is 0.958 bits per heavy atom.